The second-order valence-electron chi connectivity index (χ2n) is 3.50. The number of carbonyl (C=O) groups excluding carboxylic acids is 1. The van der Waals surface area contributed by atoms with Crippen molar-refractivity contribution >= 4 is 6.03 Å². The number of aliphatic hydroxyl groups is 1. The number of nitrogens with one attached hydrogen (secondary N) is 2. The summed E-state index contributed by atoms with van der Waals surface area (Å²) < 4.78 is 5.05. The molecule has 5 nitrogen and oxygen atoms in total. The molecule has 0 bridgehead atoms. The molecule has 94 valence electrons. The number of amides is 2. The number of benzene rings is 1. The Labute approximate surface area is 101 Å². The van der Waals surface area contributed by atoms with Crippen LogP contribution >= 0.6 is 0 Å². The van der Waals surface area contributed by atoms with Gasteiger partial charge in [0, 0.05) is 13.1 Å². The summed E-state index contributed by atoms with van der Waals surface area (Å²) in [6.07, 6.45) is 0.760. The van der Waals surface area contributed by atoms with Crippen LogP contribution in [0.4, 0.5) is 4.79 Å². The van der Waals surface area contributed by atoms with E-state index in [4.69, 9.17) is 9.84 Å². The number of aliphatic hydroxyl groups excluding tert-OH is 1. The summed E-state index contributed by atoms with van der Waals surface area (Å²) in [7, 11) is 1.63. The molecule has 0 saturated heterocycles. The lowest BCUT2D eigenvalue weighted by Crippen LogP contribution is -2.37. The van der Waals surface area contributed by atoms with Gasteiger partial charge in [0.05, 0.1) is 13.7 Å². The van der Waals surface area contributed by atoms with E-state index < -0.39 is 0 Å². The molecule has 0 aliphatic heterocycles. The standard InChI is InChI=1S/C12H18N2O3/c1-17-11-4-2-10(3-5-11)6-7-13-12(16)14-8-9-15/h2-5,15H,6-9H2,1H3,(H2,13,14,16). The predicted molar refractivity (Wildman–Crippen MR) is 65.2 cm³/mol. The lowest BCUT2D eigenvalue weighted by Gasteiger charge is -2.07. The minimum Gasteiger partial charge on any atom is -0.497 e. The Morgan fingerprint density at radius 1 is 1.24 bits per heavy atom. The van der Waals surface area contributed by atoms with Crippen molar-refractivity contribution < 1.29 is 14.6 Å². The number of hydrogen-bond acceptors (Lipinski definition) is 3. The lowest BCUT2D eigenvalue weighted by molar-refractivity contribution is 0.234. The van der Waals surface area contributed by atoms with Crippen LogP contribution < -0.4 is 15.4 Å². The zero-order chi connectivity index (χ0) is 12.5. The van der Waals surface area contributed by atoms with Crippen molar-refractivity contribution in [3.8, 4) is 5.75 Å². The molecular weight excluding hydrogens is 220 g/mol. The molecule has 3 N–H and O–H groups in total. The first kappa shape index (κ1) is 13.3. The summed E-state index contributed by atoms with van der Waals surface area (Å²) >= 11 is 0. The molecule has 5 heteroatoms. The third-order valence-corrected chi connectivity index (χ3v) is 2.26. The molecule has 1 aromatic carbocycles. The summed E-state index contributed by atoms with van der Waals surface area (Å²) in [4.78, 5) is 11.1. The van der Waals surface area contributed by atoms with E-state index in [0.29, 0.717) is 6.54 Å². The van der Waals surface area contributed by atoms with Crippen molar-refractivity contribution in [2.45, 2.75) is 6.42 Å². The summed E-state index contributed by atoms with van der Waals surface area (Å²) in [6.45, 7) is 0.782. The van der Waals surface area contributed by atoms with Gasteiger partial charge in [-0.1, -0.05) is 12.1 Å². The van der Waals surface area contributed by atoms with Gasteiger partial charge in [-0.15, -0.1) is 0 Å². The highest BCUT2D eigenvalue weighted by atomic mass is 16.5. The maximum absolute atomic E-state index is 11.1. The van der Waals surface area contributed by atoms with E-state index in [0.717, 1.165) is 17.7 Å². The molecule has 17 heavy (non-hydrogen) atoms. The molecule has 0 aliphatic rings. The SMILES string of the molecule is COc1ccc(CCNC(=O)NCCO)cc1. The Morgan fingerprint density at radius 2 is 1.88 bits per heavy atom. The highest BCUT2D eigenvalue weighted by Gasteiger charge is 1.99. The van der Waals surface area contributed by atoms with Crippen LogP contribution in [0.5, 0.6) is 5.75 Å². The minimum absolute atomic E-state index is 0.0497. The van der Waals surface area contributed by atoms with Gasteiger partial charge in [-0.05, 0) is 24.1 Å². The van der Waals surface area contributed by atoms with Gasteiger partial charge in [-0.3, -0.25) is 0 Å². The number of hydrogen-bond donors (Lipinski definition) is 3. The molecule has 0 atom stereocenters. The van der Waals surface area contributed by atoms with E-state index in [-0.39, 0.29) is 19.2 Å². The normalized spacial score (nSPS) is 9.76. The smallest absolute Gasteiger partial charge is 0.314 e. The van der Waals surface area contributed by atoms with Crippen molar-refractivity contribution in [1.29, 1.82) is 0 Å². The van der Waals surface area contributed by atoms with E-state index in [1.807, 2.05) is 24.3 Å². The van der Waals surface area contributed by atoms with Crippen LogP contribution in [0, 0.1) is 0 Å². The fourth-order valence-electron chi connectivity index (χ4n) is 1.34. The van der Waals surface area contributed by atoms with Crippen LogP contribution in [0.1, 0.15) is 5.56 Å². The molecule has 2 amide bonds. The molecule has 0 aliphatic carbocycles. The van der Waals surface area contributed by atoms with Crippen LogP contribution in [0.2, 0.25) is 0 Å². The van der Waals surface area contributed by atoms with E-state index in [2.05, 4.69) is 10.6 Å². The first-order valence-electron chi connectivity index (χ1n) is 5.51. The van der Waals surface area contributed by atoms with Crippen molar-refractivity contribution in [2.24, 2.45) is 0 Å². The molecule has 0 unspecified atom stereocenters. The van der Waals surface area contributed by atoms with Crippen molar-refractivity contribution in [3.05, 3.63) is 29.8 Å². The van der Waals surface area contributed by atoms with Gasteiger partial charge in [0.25, 0.3) is 0 Å². The molecular formula is C12H18N2O3. The summed E-state index contributed by atoms with van der Waals surface area (Å²) in [5.41, 5.74) is 1.13. The van der Waals surface area contributed by atoms with Gasteiger partial charge in [0.15, 0.2) is 0 Å². The van der Waals surface area contributed by atoms with E-state index in [9.17, 15) is 4.79 Å². The predicted octanol–water partition coefficient (Wildman–Crippen LogP) is 0.529. The van der Waals surface area contributed by atoms with Gasteiger partial charge in [0.2, 0.25) is 0 Å². The number of rotatable bonds is 6. The highest BCUT2D eigenvalue weighted by Crippen LogP contribution is 2.11. The van der Waals surface area contributed by atoms with E-state index in [1.54, 1.807) is 7.11 Å². The van der Waals surface area contributed by atoms with Crippen LogP contribution in [-0.4, -0.2) is 37.9 Å². The van der Waals surface area contributed by atoms with Crippen LogP contribution in [0.25, 0.3) is 0 Å². The maximum Gasteiger partial charge on any atom is 0.314 e. The molecule has 0 aromatic heterocycles. The highest BCUT2D eigenvalue weighted by molar-refractivity contribution is 5.73. The van der Waals surface area contributed by atoms with Gasteiger partial charge in [-0.2, -0.15) is 0 Å². The number of ether oxygens (including phenoxy) is 1. The van der Waals surface area contributed by atoms with Crippen molar-refractivity contribution in [1.82, 2.24) is 10.6 Å². The third kappa shape index (κ3) is 5.21. The Balaban J connectivity index is 2.23. The first-order chi connectivity index (χ1) is 8.26. The van der Waals surface area contributed by atoms with Gasteiger partial charge in [-0.25, -0.2) is 4.79 Å². The minimum atomic E-state index is -0.257. The van der Waals surface area contributed by atoms with Crippen LogP contribution in [-0.2, 0) is 6.42 Å². The average Bonchev–Trinajstić information content (AvgIpc) is 2.37. The Morgan fingerprint density at radius 3 is 2.47 bits per heavy atom. The Kier molecular flexibility index (Phi) is 5.88. The quantitative estimate of drug-likeness (QED) is 0.677. The second-order valence-corrected chi connectivity index (χ2v) is 3.50. The van der Waals surface area contributed by atoms with Crippen LogP contribution in [0.15, 0.2) is 24.3 Å². The Bertz CT molecular complexity index is 338. The van der Waals surface area contributed by atoms with Gasteiger partial charge in [0.1, 0.15) is 5.75 Å². The molecule has 0 spiro atoms. The maximum atomic E-state index is 11.1. The molecule has 0 heterocycles. The largest absolute Gasteiger partial charge is 0.497 e. The number of urea groups is 1. The van der Waals surface area contributed by atoms with Gasteiger partial charge < -0.3 is 20.5 Å². The molecule has 0 saturated carbocycles. The number of carbonyl (C=O) groups is 1. The first-order valence-corrected chi connectivity index (χ1v) is 5.51. The summed E-state index contributed by atoms with van der Waals surface area (Å²) in [6, 6.07) is 7.45. The molecule has 0 radical (unpaired) electrons. The zero-order valence-electron chi connectivity index (χ0n) is 9.90. The third-order valence-electron chi connectivity index (χ3n) is 2.26. The van der Waals surface area contributed by atoms with E-state index >= 15 is 0 Å². The van der Waals surface area contributed by atoms with Gasteiger partial charge >= 0.3 is 6.03 Å². The topological polar surface area (TPSA) is 70.6 Å². The monoisotopic (exact) mass is 238 g/mol. The summed E-state index contributed by atoms with van der Waals surface area (Å²) in [5.74, 6) is 0.822. The molecule has 1 aromatic rings. The summed E-state index contributed by atoms with van der Waals surface area (Å²) in [5, 5.41) is 13.7. The lowest BCUT2D eigenvalue weighted by atomic mass is 10.1. The van der Waals surface area contributed by atoms with Crippen molar-refractivity contribution in [3.63, 3.8) is 0 Å². The van der Waals surface area contributed by atoms with Crippen LogP contribution in [0.3, 0.4) is 0 Å². The average molecular weight is 238 g/mol. The zero-order valence-corrected chi connectivity index (χ0v) is 9.90. The van der Waals surface area contributed by atoms with Crippen molar-refractivity contribution in [2.75, 3.05) is 26.8 Å². The molecule has 1 rings (SSSR count). The Hall–Kier alpha value is -1.75. The number of methoxy groups -OCH3 is 1. The molecule has 0 fully saturated rings. The van der Waals surface area contributed by atoms with E-state index in [1.165, 1.54) is 0 Å². The fourth-order valence-corrected chi connectivity index (χ4v) is 1.34. The fraction of sp³-hybridized carbons (Fsp3) is 0.417. The second kappa shape index (κ2) is 7.51.